The van der Waals surface area contributed by atoms with Crippen molar-refractivity contribution >= 4 is 17.6 Å². The van der Waals surface area contributed by atoms with E-state index in [0.29, 0.717) is 16.8 Å². The lowest BCUT2D eigenvalue weighted by Gasteiger charge is -2.12. The summed E-state index contributed by atoms with van der Waals surface area (Å²) in [5, 5.41) is 9.45. The highest BCUT2D eigenvalue weighted by atomic mass is 35.5. The van der Waals surface area contributed by atoms with Crippen molar-refractivity contribution in [3.05, 3.63) is 52.6 Å². The van der Waals surface area contributed by atoms with Crippen molar-refractivity contribution in [2.75, 3.05) is 7.11 Å². The molecule has 1 aromatic carbocycles. The number of esters is 1. The number of aliphatic hydroxyl groups is 1. The van der Waals surface area contributed by atoms with Crippen LogP contribution in [0.4, 0.5) is 4.39 Å². The number of ether oxygens (including phenoxy) is 1. The molecule has 0 amide bonds. The van der Waals surface area contributed by atoms with Crippen LogP contribution in [0.5, 0.6) is 0 Å². The van der Waals surface area contributed by atoms with Gasteiger partial charge in [0.15, 0.2) is 0 Å². The highest BCUT2D eigenvalue weighted by Crippen LogP contribution is 2.33. The van der Waals surface area contributed by atoms with Gasteiger partial charge >= 0.3 is 5.97 Å². The number of hydrogen-bond donors (Lipinski definition) is 1. The average molecular weight is 296 g/mol. The molecule has 0 atom stereocenters. The zero-order valence-electron chi connectivity index (χ0n) is 10.6. The molecule has 0 saturated carbocycles. The van der Waals surface area contributed by atoms with Gasteiger partial charge in [0.2, 0.25) is 0 Å². The Hall–Kier alpha value is -1.98. The molecule has 0 bridgehead atoms. The standard InChI is InChI=1S/C14H11ClFNO3/c1-20-14(19)10-6-17-11(7-18)12(13(10)15)8-2-4-9(16)5-3-8/h2-6,18H,7H2,1H3. The van der Waals surface area contributed by atoms with Gasteiger partial charge in [0, 0.05) is 11.8 Å². The molecule has 0 saturated heterocycles. The SMILES string of the molecule is COC(=O)c1cnc(CO)c(-c2ccc(F)cc2)c1Cl. The van der Waals surface area contributed by atoms with E-state index in [1.807, 2.05) is 0 Å². The number of halogens is 2. The van der Waals surface area contributed by atoms with Gasteiger partial charge in [-0.2, -0.15) is 0 Å². The van der Waals surface area contributed by atoms with Gasteiger partial charge in [-0.3, -0.25) is 4.98 Å². The van der Waals surface area contributed by atoms with Gasteiger partial charge < -0.3 is 9.84 Å². The Bertz CT molecular complexity index is 644. The van der Waals surface area contributed by atoms with Crippen molar-refractivity contribution in [3.63, 3.8) is 0 Å². The number of aliphatic hydroxyl groups excluding tert-OH is 1. The van der Waals surface area contributed by atoms with Gasteiger partial charge in [-0.15, -0.1) is 0 Å². The molecular weight excluding hydrogens is 285 g/mol. The molecule has 0 aliphatic rings. The second kappa shape index (κ2) is 5.98. The normalized spacial score (nSPS) is 10.4. The smallest absolute Gasteiger partial charge is 0.340 e. The molecule has 6 heteroatoms. The first-order chi connectivity index (χ1) is 9.58. The molecule has 0 radical (unpaired) electrons. The molecule has 20 heavy (non-hydrogen) atoms. The third-order valence-corrected chi connectivity index (χ3v) is 3.17. The summed E-state index contributed by atoms with van der Waals surface area (Å²) in [4.78, 5) is 15.6. The lowest BCUT2D eigenvalue weighted by Crippen LogP contribution is -2.06. The quantitative estimate of drug-likeness (QED) is 0.885. The van der Waals surface area contributed by atoms with Gasteiger partial charge in [0.25, 0.3) is 0 Å². The molecular formula is C14H11ClFNO3. The van der Waals surface area contributed by atoms with E-state index in [1.54, 1.807) is 0 Å². The first-order valence-electron chi connectivity index (χ1n) is 5.71. The number of aromatic nitrogens is 1. The second-order valence-electron chi connectivity index (χ2n) is 3.96. The number of nitrogens with zero attached hydrogens (tertiary/aromatic N) is 1. The number of carbonyl (C=O) groups is 1. The Morgan fingerprint density at radius 1 is 1.40 bits per heavy atom. The van der Waals surface area contributed by atoms with Crippen LogP contribution in [0.2, 0.25) is 5.02 Å². The lowest BCUT2D eigenvalue weighted by molar-refractivity contribution is 0.0600. The van der Waals surface area contributed by atoms with Gasteiger partial charge in [-0.1, -0.05) is 23.7 Å². The average Bonchev–Trinajstić information content (AvgIpc) is 2.47. The number of pyridine rings is 1. The first-order valence-corrected chi connectivity index (χ1v) is 6.08. The van der Waals surface area contributed by atoms with E-state index in [4.69, 9.17) is 11.6 Å². The Balaban J connectivity index is 2.65. The molecule has 1 N–H and O–H groups in total. The maximum Gasteiger partial charge on any atom is 0.340 e. The van der Waals surface area contributed by atoms with Crippen molar-refractivity contribution < 1.29 is 19.0 Å². The lowest BCUT2D eigenvalue weighted by atomic mass is 10.0. The Labute approximate surface area is 119 Å². The molecule has 4 nitrogen and oxygen atoms in total. The molecule has 1 aromatic heterocycles. The Kier molecular flexibility index (Phi) is 4.32. The number of methoxy groups -OCH3 is 1. The molecule has 0 unspecified atom stereocenters. The van der Waals surface area contributed by atoms with Crippen LogP contribution >= 0.6 is 11.6 Å². The van der Waals surface area contributed by atoms with E-state index in [0.717, 1.165) is 0 Å². The predicted octanol–water partition coefficient (Wildman–Crippen LogP) is 2.82. The summed E-state index contributed by atoms with van der Waals surface area (Å²) in [7, 11) is 1.23. The van der Waals surface area contributed by atoms with Crippen molar-refractivity contribution in [3.8, 4) is 11.1 Å². The van der Waals surface area contributed by atoms with E-state index in [-0.39, 0.29) is 17.2 Å². The van der Waals surface area contributed by atoms with Gasteiger partial charge in [-0.25, -0.2) is 9.18 Å². The van der Waals surface area contributed by atoms with E-state index in [2.05, 4.69) is 9.72 Å². The first kappa shape index (κ1) is 14.4. The minimum atomic E-state index is -0.629. The molecule has 0 spiro atoms. The highest BCUT2D eigenvalue weighted by molar-refractivity contribution is 6.36. The Morgan fingerprint density at radius 2 is 2.05 bits per heavy atom. The van der Waals surface area contributed by atoms with Gasteiger partial charge in [-0.05, 0) is 17.7 Å². The van der Waals surface area contributed by atoms with Crippen molar-refractivity contribution in [1.82, 2.24) is 4.98 Å². The van der Waals surface area contributed by atoms with Crippen LogP contribution in [0, 0.1) is 5.82 Å². The van der Waals surface area contributed by atoms with Gasteiger partial charge in [0.1, 0.15) is 5.82 Å². The number of carbonyl (C=O) groups excluding carboxylic acids is 1. The van der Waals surface area contributed by atoms with E-state index in [1.165, 1.54) is 37.6 Å². The zero-order chi connectivity index (χ0) is 14.7. The van der Waals surface area contributed by atoms with Crippen LogP contribution in [0.15, 0.2) is 30.5 Å². The van der Waals surface area contributed by atoms with Crippen LogP contribution in [0.1, 0.15) is 16.1 Å². The monoisotopic (exact) mass is 295 g/mol. The highest BCUT2D eigenvalue weighted by Gasteiger charge is 2.19. The van der Waals surface area contributed by atoms with Crippen molar-refractivity contribution in [2.45, 2.75) is 6.61 Å². The van der Waals surface area contributed by atoms with Gasteiger partial charge in [0.05, 0.1) is 30.0 Å². The molecule has 2 rings (SSSR count). The van der Waals surface area contributed by atoms with Crippen molar-refractivity contribution in [1.29, 1.82) is 0 Å². The van der Waals surface area contributed by atoms with E-state index in [9.17, 15) is 14.3 Å². The maximum atomic E-state index is 13.0. The third kappa shape index (κ3) is 2.64. The summed E-state index contributed by atoms with van der Waals surface area (Å²) in [5.41, 5.74) is 1.33. The topological polar surface area (TPSA) is 59.4 Å². The second-order valence-corrected chi connectivity index (χ2v) is 4.34. The van der Waals surface area contributed by atoms with Crippen LogP contribution in [-0.4, -0.2) is 23.2 Å². The Morgan fingerprint density at radius 3 is 2.60 bits per heavy atom. The van der Waals surface area contributed by atoms with Crippen LogP contribution in [0.3, 0.4) is 0 Å². The van der Waals surface area contributed by atoms with Crippen LogP contribution < -0.4 is 0 Å². The molecule has 0 fully saturated rings. The number of rotatable bonds is 3. The largest absolute Gasteiger partial charge is 0.465 e. The zero-order valence-corrected chi connectivity index (χ0v) is 11.3. The van der Waals surface area contributed by atoms with Crippen LogP contribution in [0.25, 0.3) is 11.1 Å². The fraction of sp³-hybridized carbons (Fsp3) is 0.143. The summed E-state index contributed by atoms with van der Waals surface area (Å²) < 4.78 is 17.6. The summed E-state index contributed by atoms with van der Waals surface area (Å²) in [6, 6.07) is 5.52. The molecule has 1 heterocycles. The summed E-state index contributed by atoms with van der Waals surface area (Å²) in [6.07, 6.45) is 1.24. The third-order valence-electron chi connectivity index (χ3n) is 2.78. The fourth-order valence-electron chi connectivity index (χ4n) is 1.81. The minimum Gasteiger partial charge on any atom is -0.465 e. The molecule has 104 valence electrons. The van der Waals surface area contributed by atoms with E-state index < -0.39 is 11.8 Å². The predicted molar refractivity (Wildman–Crippen MR) is 71.9 cm³/mol. The fourth-order valence-corrected chi connectivity index (χ4v) is 2.15. The van der Waals surface area contributed by atoms with Crippen molar-refractivity contribution in [2.24, 2.45) is 0 Å². The summed E-state index contributed by atoms with van der Waals surface area (Å²) in [5.74, 6) is -1.03. The molecule has 2 aromatic rings. The minimum absolute atomic E-state index is 0.0886. The maximum absolute atomic E-state index is 13.0. The number of benzene rings is 1. The molecule has 0 aliphatic carbocycles. The van der Waals surface area contributed by atoms with E-state index >= 15 is 0 Å². The number of hydrogen-bond acceptors (Lipinski definition) is 4. The van der Waals surface area contributed by atoms with Crippen LogP contribution in [-0.2, 0) is 11.3 Å². The summed E-state index contributed by atoms with van der Waals surface area (Å²) in [6.45, 7) is -0.353. The molecule has 0 aliphatic heterocycles. The summed E-state index contributed by atoms with van der Waals surface area (Å²) >= 11 is 6.19.